The smallest absolute Gasteiger partial charge is 0.273 e. The van der Waals surface area contributed by atoms with Crippen LogP contribution in [0.2, 0.25) is 0 Å². The molecular weight excluding hydrogens is 267 g/mol. The summed E-state index contributed by atoms with van der Waals surface area (Å²) < 4.78 is 13.3. The zero-order valence-electron chi connectivity index (χ0n) is 11.0. The second-order valence-corrected chi connectivity index (χ2v) is 5.04. The molecule has 1 N–H and O–H groups in total. The van der Waals surface area contributed by atoms with Gasteiger partial charge < -0.3 is 10.0 Å². The van der Waals surface area contributed by atoms with Gasteiger partial charge in [0, 0.05) is 24.7 Å². The van der Waals surface area contributed by atoms with Crippen LogP contribution in [0.25, 0.3) is 0 Å². The Morgan fingerprint density at radius 2 is 2.20 bits per heavy atom. The second-order valence-electron chi connectivity index (χ2n) is 5.04. The van der Waals surface area contributed by atoms with Gasteiger partial charge in [0.05, 0.1) is 17.1 Å². The Kier molecular flexibility index (Phi) is 3.99. The normalized spacial score (nSPS) is 22.6. The molecule has 1 aromatic rings. The Labute approximate surface area is 115 Å². The predicted molar refractivity (Wildman–Crippen MR) is 68.7 cm³/mol. The lowest BCUT2D eigenvalue weighted by molar-refractivity contribution is -0.385. The number of carbonyl (C=O) groups excluding carboxylic acids is 1. The summed E-state index contributed by atoms with van der Waals surface area (Å²) in [5, 5.41) is 20.4. The topological polar surface area (TPSA) is 83.7 Å². The first-order valence-electron chi connectivity index (χ1n) is 6.31. The Balaban J connectivity index is 2.23. The molecule has 20 heavy (non-hydrogen) atoms. The minimum absolute atomic E-state index is 0.0709. The van der Waals surface area contributed by atoms with Gasteiger partial charge in [-0.2, -0.15) is 0 Å². The van der Waals surface area contributed by atoms with Crippen LogP contribution in [-0.2, 0) is 0 Å². The van der Waals surface area contributed by atoms with Gasteiger partial charge >= 0.3 is 0 Å². The van der Waals surface area contributed by atoms with E-state index in [9.17, 15) is 24.4 Å². The molecule has 2 rings (SSSR count). The van der Waals surface area contributed by atoms with Gasteiger partial charge in [-0.1, -0.05) is 6.92 Å². The summed E-state index contributed by atoms with van der Waals surface area (Å²) in [5.41, 5.74) is -0.530. The molecule has 0 radical (unpaired) electrons. The average Bonchev–Trinajstić information content (AvgIpc) is 2.40. The summed E-state index contributed by atoms with van der Waals surface area (Å²) in [6.45, 7) is 2.49. The number of nitrogens with zero attached hydrogens (tertiary/aromatic N) is 2. The first-order chi connectivity index (χ1) is 9.38. The van der Waals surface area contributed by atoms with E-state index in [-0.39, 0.29) is 18.0 Å². The fraction of sp³-hybridized carbons (Fsp3) is 0.462. The highest BCUT2D eigenvalue weighted by Gasteiger charge is 2.28. The number of β-amino-alcohol motifs (C(OH)–C–C–N with tert-alkyl or cyclic N) is 1. The number of hydrogen-bond acceptors (Lipinski definition) is 4. The number of halogens is 1. The number of piperidine rings is 1. The number of hydrogen-bond donors (Lipinski definition) is 1. The van der Waals surface area contributed by atoms with Crippen LogP contribution in [-0.4, -0.2) is 40.0 Å². The van der Waals surface area contributed by atoms with E-state index in [2.05, 4.69) is 0 Å². The summed E-state index contributed by atoms with van der Waals surface area (Å²) in [5.74, 6) is -1.23. The third-order valence-corrected chi connectivity index (χ3v) is 3.55. The van der Waals surface area contributed by atoms with Crippen molar-refractivity contribution in [2.24, 2.45) is 5.92 Å². The van der Waals surface area contributed by atoms with Crippen LogP contribution in [0.3, 0.4) is 0 Å². The molecule has 0 saturated carbocycles. The van der Waals surface area contributed by atoms with Crippen molar-refractivity contribution >= 4 is 11.6 Å². The average molecular weight is 282 g/mol. The number of benzene rings is 1. The van der Waals surface area contributed by atoms with E-state index >= 15 is 0 Å². The van der Waals surface area contributed by atoms with Gasteiger partial charge in [-0.25, -0.2) is 4.39 Å². The molecule has 2 atom stereocenters. The lowest BCUT2D eigenvalue weighted by Gasteiger charge is -2.34. The number of nitro benzene ring substituents is 1. The molecule has 0 bridgehead atoms. The van der Waals surface area contributed by atoms with Crippen molar-refractivity contribution in [1.82, 2.24) is 4.90 Å². The van der Waals surface area contributed by atoms with E-state index in [0.717, 1.165) is 18.2 Å². The lowest BCUT2D eigenvalue weighted by atomic mass is 9.95. The van der Waals surface area contributed by atoms with E-state index in [4.69, 9.17) is 0 Å². The highest BCUT2D eigenvalue weighted by molar-refractivity contribution is 5.95. The Hall–Kier alpha value is -2.02. The maximum absolute atomic E-state index is 13.3. The van der Waals surface area contributed by atoms with Crippen molar-refractivity contribution in [3.63, 3.8) is 0 Å². The van der Waals surface area contributed by atoms with Gasteiger partial charge in [0.1, 0.15) is 5.82 Å². The highest BCUT2D eigenvalue weighted by Crippen LogP contribution is 2.21. The lowest BCUT2D eigenvalue weighted by Crippen LogP contribution is -2.45. The van der Waals surface area contributed by atoms with Gasteiger partial charge in [0.2, 0.25) is 0 Å². The van der Waals surface area contributed by atoms with Gasteiger partial charge in [0.25, 0.3) is 11.6 Å². The van der Waals surface area contributed by atoms with E-state index in [0.29, 0.717) is 13.0 Å². The highest BCUT2D eigenvalue weighted by atomic mass is 19.1. The molecule has 1 heterocycles. The van der Waals surface area contributed by atoms with Gasteiger partial charge in [-0.3, -0.25) is 14.9 Å². The largest absolute Gasteiger partial charge is 0.391 e. The molecule has 1 amide bonds. The van der Waals surface area contributed by atoms with Crippen LogP contribution in [0.5, 0.6) is 0 Å². The summed E-state index contributed by atoms with van der Waals surface area (Å²) in [6.07, 6.45) is 0.0147. The molecular formula is C13H15FN2O4. The number of likely N-dealkylation sites (tertiary alicyclic amines) is 1. The number of aliphatic hydroxyl groups is 1. The monoisotopic (exact) mass is 282 g/mol. The van der Waals surface area contributed by atoms with E-state index in [1.807, 2.05) is 6.92 Å². The summed E-state index contributed by atoms with van der Waals surface area (Å²) in [4.78, 5) is 23.5. The standard InChI is InChI=1S/C13H15FN2O4/c1-8-2-3-15(7-12(8)17)13(18)9-4-10(14)6-11(5-9)16(19)20/h4-6,8,12,17H,2-3,7H2,1H3. The SMILES string of the molecule is CC1CCN(C(=O)c2cc(F)cc([N+](=O)[O-])c2)CC1O. The molecule has 1 aliphatic rings. The number of non-ortho nitro benzene ring substituents is 1. The van der Waals surface area contributed by atoms with Crippen molar-refractivity contribution in [3.05, 3.63) is 39.7 Å². The molecule has 1 aromatic carbocycles. The van der Waals surface area contributed by atoms with E-state index in [1.54, 1.807) is 0 Å². The van der Waals surface area contributed by atoms with Crippen molar-refractivity contribution in [3.8, 4) is 0 Å². The van der Waals surface area contributed by atoms with Crippen molar-refractivity contribution in [2.45, 2.75) is 19.4 Å². The summed E-state index contributed by atoms with van der Waals surface area (Å²) in [7, 11) is 0. The minimum Gasteiger partial charge on any atom is -0.391 e. The van der Waals surface area contributed by atoms with E-state index < -0.39 is 28.4 Å². The fourth-order valence-corrected chi connectivity index (χ4v) is 2.22. The zero-order valence-corrected chi connectivity index (χ0v) is 11.0. The first kappa shape index (κ1) is 14.4. The van der Waals surface area contributed by atoms with E-state index in [1.165, 1.54) is 4.90 Å². The van der Waals surface area contributed by atoms with Crippen LogP contribution in [0.1, 0.15) is 23.7 Å². The molecule has 0 aromatic heterocycles. The molecule has 0 aliphatic carbocycles. The van der Waals surface area contributed by atoms with Gasteiger partial charge in [-0.15, -0.1) is 0 Å². The van der Waals surface area contributed by atoms with Crippen molar-refractivity contribution in [1.29, 1.82) is 0 Å². The maximum Gasteiger partial charge on any atom is 0.273 e. The Bertz CT molecular complexity index is 549. The van der Waals surface area contributed by atoms with Gasteiger partial charge in [-0.05, 0) is 18.4 Å². The number of rotatable bonds is 2. The van der Waals surface area contributed by atoms with Crippen molar-refractivity contribution in [2.75, 3.05) is 13.1 Å². The van der Waals surface area contributed by atoms with Crippen molar-refractivity contribution < 1.29 is 19.2 Å². The number of carbonyl (C=O) groups is 1. The van der Waals surface area contributed by atoms with Crippen LogP contribution in [0.4, 0.5) is 10.1 Å². The number of aliphatic hydroxyl groups excluding tert-OH is 1. The maximum atomic E-state index is 13.3. The van der Waals surface area contributed by atoms with Crippen LogP contribution < -0.4 is 0 Å². The minimum atomic E-state index is -0.825. The summed E-state index contributed by atoms with van der Waals surface area (Å²) in [6, 6.07) is 2.79. The third-order valence-electron chi connectivity index (χ3n) is 3.55. The van der Waals surface area contributed by atoms with Crippen LogP contribution in [0.15, 0.2) is 18.2 Å². The van der Waals surface area contributed by atoms with Crippen LogP contribution in [0, 0.1) is 21.8 Å². The molecule has 108 valence electrons. The molecule has 1 aliphatic heterocycles. The second kappa shape index (κ2) is 5.54. The fourth-order valence-electron chi connectivity index (χ4n) is 2.22. The third kappa shape index (κ3) is 2.93. The Morgan fingerprint density at radius 1 is 1.50 bits per heavy atom. The molecule has 6 nitrogen and oxygen atoms in total. The number of amides is 1. The molecule has 1 fully saturated rings. The Morgan fingerprint density at radius 3 is 2.80 bits per heavy atom. The molecule has 7 heteroatoms. The zero-order chi connectivity index (χ0) is 14.9. The molecule has 0 spiro atoms. The molecule has 1 saturated heterocycles. The predicted octanol–water partition coefficient (Wildman–Crippen LogP) is 1.58. The number of nitro groups is 1. The quantitative estimate of drug-likeness (QED) is 0.659. The van der Waals surface area contributed by atoms with Gasteiger partial charge in [0.15, 0.2) is 0 Å². The summed E-state index contributed by atoms with van der Waals surface area (Å²) >= 11 is 0. The molecule has 2 unspecified atom stereocenters. The van der Waals surface area contributed by atoms with Crippen LogP contribution >= 0.6 is 0 Å². The first-order valence-corrected chi connectivity index (χ1v) is 6.31.